The molecule has 0 spiro atoms. The number of para-hydroxylation sites is 1. The Morgan fingerprint density at radius 3 is 2.46 bits per heavy atom. The van der Waals surface area contributed by atoms with Gasteiger partial charge in [-0.1, -0.05) is 12.1 Å². The lowest BCUT2D eigenvalue weighted by Gasteiger charge is -2.23. The molecule has 0 fully saturated rings. The number of hydrogen-bond donors (Lipinski definition) is 3. The Balaban J connectivity index is 0.00000420. The van der Waals surface area contributed by atoms with Crippen molar-refractivity contribution in [1.29, 1.82) is 5.41 Å². The van der Waals surface area contributed by atoms with Crippen molar-refractivity contribution in [2.24, 2.45) is 12.8 Å². The molecule has 0 atom stereocenters. The second-order valence-electron chi connectivity index (χ2n) is 8.60. The van der Waals surface area contributed by atoms with Gasteiger partial charge in [0.1, 0.15) is 17.5 Å². The van der Waals surface area contributed by atoms with Gasteiger partial charge in [0.2, 0.25) is 0 Å². The van der Waals surface area contributed by atoms with Gasteiger partial charge >= 0.3 is 5.97 Å². The Morgan fingerprint density at radius 1 is 1.10 bits per heavy atom. The number of halogens is 2. The molecule has 0 saturated carbocycles. The summed E-state index contributed by atoms with van der Waals surface area (Å²) < 4.78 is 21.5. The normalized spacial score (nSPS) is 10.5. The number of amidine groups is 1. The number of nitrogen functional groups attached to an aromatic ring is 1. The van der Waals surface area contributed by atoms with Gasteiger partial charge in [-0.3, -0.25) is 15.0 Å². The molecule has 0 aliphatic heterocycles. The number of amides is 1. The van der Waals surface area contributed by atoms with Gasteiger partial charge in [-0.25, -0.2) is 9.37 Å². The summed E-state index contributed by atoms with van der Waals surface area (Å²) in [6, 6.07) is 18.3. The fourth-order valence-electron chi connectivity index (χ4n) is 4.08. The number of aryl methyl sites for hydroxylation is 1. The lowest BCUT2D eigenvalue weighted by Crippen LogP contribution is -2.34. The molecule has 39 heavy (non-hydrogen) atoms. The molecular weight excluding hydrogens is 523 g/mol. The molecule has 0 radical (unpaired) electrons. The number of imidazole rings is 1. The second-order valence-corrected chi connectivity index (χ2v) is 8.60. The van der Waals surface area contributed by atoms with Crippen LogP contribution in [0.5, 0.6) is 0 Å². The monoisotopic (exact) mass is 552 g/mol. The summed E-state index contributed by atoms with van der Waals surface area (Å²) in [6.07, 6.45) is -0.0665. The molecule has 4 rings (SSSR count). The van der Waals surface area contributed by atoms with E-state index in [-0.39, 0.29) is 43.5 Å². The van der Waals surface area contributed by atoms with Crippen molar-refractivity contribution in [1.82, 2.24) is 9.55 Å². The zero-order valence-corrected chi connectivity index (χ0v) is 22.4. The van der Waals surface area contributed by atoms with Crippen molar-refractivity contribution >= 4 is 52.5 Å². The summed E-state index contributed by atoms with van der Waals surface area (Å²) in [6.45, 7) is 2.32. The molecule has 204 valence electrons. The fraction of sp³-hybridized carbons (Fsp3) is 0.214. The van der Waals surface area contributed by atoms with Gasteiger partial charge in [-0.15, -0.1) is 12.4 Å². The maximum Gasteiger partial charge on any atom is 0.307 e. The van der Waals surface area contributed by atoms with Crippen LogP contribution in [0.15, 0.2) is 66.7 Å². The third kappa shape index (κ3) is 6.71. The predicted octanol–water partition coefficient (Wildman–Crippen LogP) is 4.63. The van der Waals surface area contributed by atoms with Crippen molar-refractivity contribution in [3.8, 4) is 0 Å². The molecule has 9 nitrogen and oxygen atoms in total. The quantitative estimate of drug-likeness (QED) is 0.150. The number of hydrogen-bond acceptors (Lipinski definition) is 6. The third-order valence-corrected chi connectivity index (χ3v) is 6.10. The summed E-state index contributed by atoms with van der Waals surface area (Å²) in [4.78, 5) is 31.4. The van der Waals surface area contributed by atoms with Crippen LogP contribution in [0.4, 0.5) is 15.8 Å². The molecule has 1 heterocycles. The van der Waals surface area contributed by atoms with Crippen LogP contribution in [0.25, 0.3) is 11.0 Å². The summed E-state index contributed by atoms with van der Waals surface area (Å²) in [5.74, 6) is -0.722. The number of benzene rings is 3. The highest BCUT2D eigenvalue weighted by Crippen LogP contribution is 2.24. The van der Waals surface area contributed by atoms with Gasteiger partial charge in [0.15, 0.2) is 0 Å². The van der Waals surface area contributed by atoms with Gasteiger partial charge in [0.05, 0.1) is 36.3 Å². The Morgan fingerprint density at radius 2 is 1.79 bits per heavy atom. The maximum absolute atomic E-state index is 14.6. The number of carbonyl (C=O) groups is 2. The number of nitrogens with two attached hydrogens (primary N) is 1. The van der Waals surface area contributed by atoms with Crippen LogP contribution < -0.4 is 16.0 Å². The number of anilines is 2. The Hall–Kier alpha value is -4.44. The Kier molecular flexibility index (Phi) is 9.62. The number of nitrogens with one attached hydrogen (secondary N) is 2. The van der Waals surface area contributed by atoms with E-state index in [1.807, 2.05) is 23.7 Å². The number of carbonyl (C=O) groups excluding carboxylic acids is 2. The minimum absolute atomic E-state index is 0. The van der Waals surface area contributed by atoms with Gasteiger partial charge in [0, 0.05) is 30.4 Å². The number of nitrogens with zero attached hydrogens (tertiary/aromatic N) is 3. The van der Waals surface area contributed by atoms with Crippen molar-refractivity contribution < 1.29 is 18.7 Å². The van der Waals surface area contributed by atoms with Crippen molar-refractivity contribution in [3.63, 3.8) is 0 Å². The van der Waals surface area contributed by atoms with Crippen molar-refractivity contribution in [2.75, 3.05) is 23.4 Å². The molecule has 3 aromatic carbocycles. The molecule has 0 bridgehead atoms. The number of ether oxygens (including phenoxy) is 1. The van der Waals surface area contributed by atoms with E-state index >= 15 is 0 Å². The van der Waals surface area contributed by atoms with E-state index in [0.29, 0.717) is 23.2 Å². The first-order valence-corrected chi connectivity index (χ1v) is 12.1. The number of fused-ring (bicyclic) bond motifs is 1. The largest absolute Gasteiger partial charge is 0.466 e. The van der Waals surface area contributed by atoms with Crippen LogP contribution in [0.1, 0.15) is 35.1 Å². The number of aromatic nitrogens is 2. The van der Waals surface area contributed by atoms with Crippen LogP contribution in [0.2, 0.25) is 0 Å². The fourth-order valence-corrected chi connectivity index (χ4v) is 4.08. The number of rotatable bonds is 10. The highest BCUT2D eigenvalue weighted by atomic mass is 35.5. The molecule has 0 aliphatic carbocycles. The van der Waals surface area contributed by atoms with Crippen LogP contribution >= 0.6 is 12.4 Å². The first kappa shape index (κ1) is 29.1. The molecule has 11 heteroatoms. The molecule has 1 aromatic heterocycles. The molecule has 1 amide bonds. The van der Waals surface area contributed by atoms with E-state index in [9.17, 15) is 14.0 Å². The average Bonchev–Trinajstić information content (AvgIpc) is 3.23. The van der Waals surface area contributed by atoms with Crippen LogP contribution in [-0.4, -0.2) is 40.4 Å². The molecule has 0 unspecified atom stereocenters. The Bertz CT molecular complexity index is 1490. The third-order valence-electron chi connectivity index (χ3n) is 6.10. The average molecular weight is 553 g/mol. The lowest BCUT2D eigenvalue weighted by atomic mass is 10.1. The topological polar surface area (TPSA) is 126 Å². The van der Waals surface area contributed by atoms with Gasteiger partial charge in [-0.2, -0.15) is 0 Å². The van der Waals surface area contributed by atoms with E-state index in [1.54, 1.807) is 49.4 Å². The van der Waals surface area contributed by atoms with Crippen molar-refractivity contribution in [2.45, 2.75) is 19.9 Å². The van der Waals surface area contributed by atoms with Crippen LogP contribution in [0, 0.1) is 11.2 Å². The smallest absolute Gasteiger partial charge is 0.307 e. The van der Waals surface area contributed by atoms with E-state index in [2.05, 4.69) is 5.32 Å². The summed E-state index contributed by atoms with van der Waals surface area (Å²) >= 11 is 0. The summed E-state index contributed by atoms with van der Waals surface area (Å²) in [7, 11) is 1.89. The Labute approximate surface area is 231 Å². The SMILES string of the molecule is CCOC(=O)CCN(C(=O)c1ccc2c(c1)nc(CNc1ccc(C(=N)N)cc1)n2C)c1ccccc1F.Cl. The summed E-state index contributed by atoms with van der Waals surface area (Å²) in [5.41, 5.74) is 8.85. The van der Waals surface area contributed by atoms with Gasteiger partial charge in [0.25, 0.3) is 5.91 Å². The standard InChI is InChI=1S/C28H29FN6O3.ClH/c1-3-38-26(36)14-15-35(23-7-5-4-6-21(23)29)28(37)19-10-13-24-22(16-19)33-25(34(24)2)17-32-20-11-8-18(9-12-20)27(30)31;/h4-13,16,32H,3,14-15,17H2,1-2H3,(H3,30,31);1H. The van der Waals surface area contributed by atoms with E-state index in [0.717, 1.165) is 17.0 Å². The van der Waals surface area contributed by atoms with E-state index in [1.165, 1.54) is 17.0 Å². The first-order chi connectivity index (χ1) is 18.3. The molecule has 4 N–H and O–H groups in total. The minimum Gasteiger partial charge on any atom is -0.466 e. The number of esters is 1. The lowest BCUT2D eigenvalue weighted by molar-refractivity contribution is -0.142. The highest BCUT2D eigenvalue weighted by molar-refractivity contribution is 6.08. The van der Waals surface area contributed by atoms with Crippen LogP contribution in [0.3, 0.4) is 0 Å². The van der Waals surface area contributed by atoms with E-state index in [4.69, 9.17) is 20.9 Å². The van der Waals surface area contributed by atoms with E-state index < -0.39 is 17.7 Å². The molecule has 0 aliphatic rings. The zero-order chi connectivity index (χ0) is 27.2. The van der Waals surface area contributed by atoms with Gasteiger partial charge in [-0.05, 0) is 61.5 Å². The second kappa shape index (κ2) is 12.9. The minimum atomic E-state index is -0.562. The molecular formula is C28H30ClFN6O3. The molecule has 0 saturated heterocycles. The first-order valence-electron chi connectivity index (χ1n) is 12.1. The van der Waals surface area contributed by atoms with Crippen LogP contribution in [-0.2, 0) is 23.1 Å². The summed E-state index contributed by atoms with van der Waals surface area (Å²) in [5, 5.41) is 10.8. The maximum atomic E-state index is 14.6. The van der Waals surface area contributed by atoms with Gasteiger partial charge < -0.3 is 25.3 Å². The predicted molar refractivity (Wildman–Crippen MR) is 152 cm³/mol. The zero-order valence-electron chi connectivity index (χ0n) is 21.6. The highest BCUT2D eigenvalue weighted by Gasteiger charge is 2.23. The molecule has 4 aromatic rings. The van der Waals surface area contributed by atoms with Crippen molar-refractivity contribution in [3.05, 3.63) is 89.5 Å².